The summed E-state index contributed by atoms with van der Waals surface area (Å²) in [5.74, 6) is 2.01. The predicted molar refractivity (Wildman–Crippen MR) is 176 cm³/mol. The van der Waals surface area contributed by atoms with Gasteiger partial charge in [0.05, 0.1) is 19.1 Å². The summed E-state index contributed by atoms with van der Waals surface area (Å²) in [7, 11) is 3.37. The summed E-state index contributed by atoms with van der Waals surface area (Å²) >= 11 is 0. The van der Waals surface area contributed by atoms with Crippen LogP contribution in [0.2, 0.25) is 0 Å². The fraction of sp³-hybridized carbons (Fsp3) is 0.590. The van der Waals surface area contributed by atoms with Gasteiger partial charge in [0.25, 0.3) is 0 Å². The quantitative estimate of drug-likeness (QED) is 0.221. The first-order valence-corrected chi connectivity index (χ1v) is 16.8. The average Bonchev–Trinajstić information content (AvgIpc) is 3.74. The highest BCUT2D eigenvalue weighted by Gasteiger charge is 2.41. The monoisotopic (exact) mass is 583 g/mol. The number of aromatic nitrogens is 1. The van der Waals surface area contributed by atoms with Gasteiger partial charge in [-0.15, -0.1) is 0 Å². The predicted octanol–water partition coefficient (Wildman–Crippen LogP) is 9.13. The Morgan fingerprint density at radius 2 is 1.84 bits per heavy atom. The molecule has 0 aliphatic heterocycles. The van der Waals surface area contributed by atoms with E-state index in [-0.39, 0.29) is 23.4 Å². The Hall–Kier alpha value is -2.72. The van der Waals surface area contributed by atoms with Crippen molar-refractivity contribution < 1.29 is 14.3 Å². The molecule has 43 heavy (non-hydrogen) atoms. The topological polar surface area (TPSA) is 48.4 Å². The number of rotatable bonds is 13. The van der Waals surface area contributed by atoms with Crippen molar-refractivity contribution in [2.45, 2.75) is 116 Å². The van der Waals surface area contributed by atoms with Gasteiger partial charge in [-0.25, -0.2) is 0 Å². The van der Waals surface area contributed by atoms with Gasteiger partial charge in [0, 0.05) is 24.9 Å². The first-order chi connectivity index (χ1) is 20.7. The number of hydrogen-bond donors (Lipinski definition) is 0. The van der Waals surface area contributed by atoms with Crippen molar-refractivity contribution in [3.8, 4) is 0 Å². The zero-order valence-electron chi connectivity index (χ0n) is 27.5. The molecule has 3 aliphatic carbocycles. The summed E-state index contributed by atoms with van der Waals surface area (Å²) in [6.07, 6.45) is 22.2. The summed E-state index contributed by atoms with van der Waals surface area (Å²) in [5.41, 5.74) is 9.22. The number of benzene rings is 1. The van der Waals surface area contributed by atoms with E-state index in [9.17, 15) is 4.79 Å². The Labute approximate surface area is 260 Å². The minimum absolute atomic E-state index is 0.0276. The number of methoxy groups -OCH3 is 2. The lowest BCUT2D eigenvalue weighted by molar-refractivity contribution is -0.139. The Kier molecular flexibility index (Phi) is 9.96. The molecule has 5 rings (SSSR count). The van der Waals surface area contributed by atoms with E-state index in [2.05, 4.69) is 69.1 Å². The molecule has 2 fully saturated rings. The van der Waals surface area contributed by atoms with Crippen molar-refractivity contribution in [2.24, 2.45) is 17.8 Å². The normalized spacial score (nSPS) is 24.0. The van der Waals surface area contributed by atoms with Gasteiger partial charge in [0.1, 0.15) is 0 Å². The van der Waals surface area contributed by atoms with Crippen LogP contribution >= 0.6 is 0 Å². The van der Waals surface area contributed by atoms with Crippen molar-refractivity contribution >= 4 is 11.5 Å². The number of aryl methyl sites for hydroxylation is 2. The van der Waals surface area contributed by atoms with E-state index in [1.54, 1.807) is 6.20 Å². The Morgan fingerprint density at radius 1 is 1.05 bits per heavy atom. The maximum atomic E-state index is 11.8. The van der Waals surface area contributed by atoms with E-state index in [0.29, 0.717) is 5.92 Å². The van der Waals surface area contributed by atoms with Crippen LogP contribution < -0.4 is 0 Å². The van der Waals surface area contributed by atoms with Crippen molar-refractivity contribution in [3.05, 3.63) is 82.2 Å². The molecule has 1 aromatic carbocycles. The van der Waals surface area contributed by atoms with Crippen LogP contribution in [0.5, 0.6) is 0 Å². The van der Waals surface area contributed by atoms with Crippen molar-refractivity contribution in [3.63, 3.8) is 0 Å². The van der Waals surface area contributed by atoms with Gasteiger partial charge in [-0.2, -0.15) is 0 Å². The molecule has 4 nitrogen and oxygen atoms in total. The minimum atomic E-state index is -0.238. The maximum absolute atomic E-state index is 11.8. The van der Waals surface area contributed by atoms with Crippen LogP contribution in [0.25, 0.3) is 5.57 Å². The Morgan fingerprint density at radius 3 is 2.49 bits per heavy atom. The second kappa shape index (κ2) is 13.5. The van der Waals surface area contributed by atoms with Gasteiger partial charge < -0.3 is 9.47 Å². The largest absolute Gasteiger partial charge is 0.469 e. The van der Waals surface area contributed by atoms with Gasteiger partial charge >= 0.3 is 5.97 Å². The first-order valence-electron chi connectivity index (χ1n) is 16.8. The van der Waals surface area contributed by atoms with E-state index >= 15 is 0 Å². The van der Waals surface area contributed by atoms with E-state index in [0.717, 1.165) is 55.1 Å². The average molecular weight is 584 g/mol. The van der Waals surface area contributed by atoms with E-state index in [1.807, 2.05) is 13.3 Å². The van der Waals surface area contributed by atoms with Crippen LogP contribution in [0.1, 0.15) is 113 Å². The molecular formula is C39H53NO3. The number of nitrogens with zero attached hydrogens (tertiary/aromatic N) is 1. The molecule has 0 radical (unpaired) electrons. The highest BCUT2D eigenvalue weighted by Crippen LogP contribution is 2.48. The molecule has 0 saturated heterocycles. The maximum Gasteiger partial charge on any atom is 0.310 e. The molecular weight excluding hydrogens is 530 g/mol. The molecule has 0 N–H and O–H groups in total. The van der Waals surface area contributed by atoms with E-state index < -0.39 is 0 Å². The lowest BCUT2D eigenvalue weighted by atomic mass is 9.65. The molecule has 3 atom stereocenters. The van der Waals surface area contributed by atoms with Gasteiger partial charge in [0.15, 0.2) is 0 Å². The molecule has 2 aromatic rings. The fourth-order valence-corrected chi connectivity index (χ4v) is 8.25. The van der Waals surface area contributed by atoms with E-state index in [1.165, 1.54) is 73.5 Å². The summed E-state index contributed by atoms with van der Waals surface area (Å²) < 4.78 is 11.1. The first kappa shape index (κ1) is 31.7. The van der Waals surface area contributed by atoms with Gasteiger partial charge in [-0.05, 0) is 122 Å². The van der Waals surface area contributed by atoms with Crippen molar-refractivity contribution in [2.75, 3.05) is 14.2 Å². The highest BCUT2D eigenvalue weighted by atomic mass is 16.5. The molecule has 0 spiro atoms. The van der Waals surface area contributed by atoms with Gasteiger partial charge in [-0.3, -0.25) is 9.78 Å². The lowest BCUT2D eigenvalue weighted by Gasteiger charge is -2.39. The second-order valence-corrected chi connectivity index (χ2v) is 13.9. The SMILES string of the molecule is CCC(CC)(C1=CC=C(c2cncc(CC(=O)OC)c2)C(C)C1)c1ccc(CCC2(OC)CCC(CC3CC3)C2)c(C)c1. The summed E-state index contributed by atoms with van der Waals surface area (Å²) in [6.45, 7) is 9.32. The third kappa shape index (κ3) is 7.00. The molecule has 1 heterocycles. The molecule has 0 amide bonds. The highest BCUT2D eigenvalue weighted by molar-refractivity contribution is 5.74. The van der Waals surface area contributed by atoms with Crippen LogP contribution in [0, 0.1) is 24.7 Å². The summed E-state index contributed by atoms with van der Waals surface area (Å²) in [5, 5.41) is 0. The molecule has 3 unspecified atom stereocenters. The van der Waals surface area contributed by atoms with Crippen LogP contribution in [-0.4, -0.2) is 30.8 Å². The standard InChI is InChI=1S/C39H53NO3/c1-7-39(8-2,35-13-14-36(28(4)20-35)33-22-31(25-40-26-33)23-37(41)42-5)34-12-11-32(27(3)19-34)16-18-38(43-6)17-15-30(24-38)21-29-9-10-29/h11-14,19,22,25-26,28-30H,7-10,15-18,20-21,23-24H2,1-6H3. The number of carbonyl (C=O) groups is 1. The van der Waals surface area contributed by atoms with Gasteiger partial charge in [0.2, 0.25) is 0 Å². The molecule has 3 aliphatic rings. The number of hydrogen-bond acceptors (Lipinski definition) is 4. The zero-order chi connectivity index (χ0) is 30.6. The van der Waals surface area contributed by atoms with Crippen LogP contribution in [0.3, 0.4) is 0 Å². The number of pyridine rings is 1. The van der Waals surface area contributed by atoms with Crippen LogP contribution in [0.4, 0.5) is 0 Å². The zero-order valence-corrected chi connectivity index (χ0v) is 27.5. The minimum Gasteiger partial charge on any atom is -0.469 e. The van der Waals surface area contributed by atoms with Crippen molar-refractivity contribution in [1.29, 1.82) is 0 Å². The van der Waals surface area contributed by atoms with Gasteiger partial charge in [-0.1, -0.05) is 69.5 Å². The fourth-order valence-electron chi connectivity index (χ4n) is 8.25. The molecule has 0 bridgehead atoms. The molecule has 2 saturated carbocycles. The lowest BCUT2D eigenvalue weighted by Crippen LogP contribution is -2.30. The second-order valence-electron chi connectivity index (χ2n) is 13.9. The van der Waals surface area contributed by atoms with Crippen molar-refractivity contribution in [1.82, 2.24) is 4.98 Å². The number of allylic oxidation sites excluding steroid dienone is 4. The smallest absolute Gasteiger partial charge is 0.310 e. The molecule has 232 valence electrons. The Balaban J connectivity index is 1.33. The number of carbonyl (C=O) groups excluding carboxylic acids is 1. The third-order valence-electron chi connectivity index (χ3n) is 11.3. The molecule has 4 heteroatoms. The third-order valence-corrected chi connectivity index (χ3v) is 11.3. The molecule has 1 aromatic heterocycles. The summed E-state index contributed by atoms with van der Waals surface area (Å²) in [6, 6.07) is 9.41. The number of ether oxygens (including phenoxy) is 2. The number of esters is 1. The Bertz CT molecular complexity index is 1350. The van der Waals surface area contributed by atoms with Crippen LogP contribution in [-0.2, 0) is 32.5 Å². The van der Waals surface area contributed by atoms with E-state index in [4.69, 9.17) is 9.47 Å². The summed E-state index contributed by atoms with van der Waals surface area (Å²) in [4.78, 5) is 16.3. The van der Waals surface area contributed by atoms with Crippen LogP contribution in [0.15, 0.2) is 54.4 Å².